The van der Waals surface area contributed by atoms with Crippen molar-refractivity contribution in [2.24, 2.45) is 5.41 Å². The van der Waals surface area contributed by atoms with E-state index in [1.807, 2.05) is 0 Å². The van der Waals surface area contributed by atoms with Crippen molar-refractivity contribution in [1.82, 2.24) is 9.62 Å². The number of carbonyl (C=O) groups is 5. The highest BCUT2D eigenvalue weighted by molar-refractivity contribution is 7.77. The first kappa shape index (κ1) is 40.8. The molecule has 1 aromatic rings. The first-order chi connectivity index (χ1) is 22.4. The number of ether oxygens (including phenoxy) is 3. The van der Waals surface area contributed by atoms with Crippen molar-refractivity contribution in [2.45, 2.75) is 137 Å². The Labute approximate surface area is 286 Å². The number of unbranched alkanes of at least 4 members (excludes halogenated alkanes) is 7. The molecular formula is C34H52N3O10S-. The van der Waals surface area contributed by atoms with E-state index in [2.05, 4.69) is 17.0 Å². The van der Waals surface area contributed by atoms with Gasteiger partial charge in [0.1, 0.15) is 11.9 Å². The van der Waals surface area contributed by atoms with Crippen molar-refractivity contribution in [3.8, 4) is 5.75 Å². The van der Waals surface area contributed by atoms with Gasteiger partial charge in [0.25, 0.3) is 11.8 Å². The second kappa shape index (κ2) is 18.4. The van der Waals surface area contributed by atoms with Crippen LogP contribution in [0.3, 0.4) is 0 Å². The first-order valence-corrected chi connectivity index (χ1v) is 17.7. The van der Waals surface area contributed by atoms with Crippen molar-refractivity contribution in [2.75, 3.05) is 11.9 Å². The molecule has 1 aliphatic rings. The van der Waals surface area contributed by atoms with E-state index in [4.69, 9.17) is 14.2 Å². The molecule has 0 aromatic heterocycles. The van der Waals surface area contributed by atoms with Gasteiger partial charge in [-0.2, -0.15) is 0 Å². The SMILES string of the molecule is CCCCCCCCCCC(CNS(=O)[O-])OC(=O)c1ccc(NC(=O)C(C(=O)C(C)(C)C)N2C(=O)OC(C)(C)C2=O)c(OC(C)C)c1. The fourth-order valence-electron chi connectivity index (χ4n) is 5.06. The Morgan fingerprint density at radius 3 is 2.15 bits per heavy atom. The summed E-state index contributed by atoms with van der Waals surface area (Å²) in [5, 5.41) is 2.59. The van der Waals surface area contributed by atoms with Crippen LogP contribution in [0.5, 0.6) is 5.75 Å². The molecule has 2 N–H and O–H groups in total. The molecule has 0 bridgehead atoms. The Morgan fingerprint density at radius 2 is 1.62 bits per heavy atom. The van der Waals surface area contributed by atoms with Crippen LogP contribution >= 0.6 is 0 Å². The summed E-state index contributed by atoms with van der Waals surface area (Å²) in [6, 6.07) is 2.30. The van der Waals surface area contributed by atoms with Crippen molar-refractivity contribution in [3.05, 3.63) is 23.8 Å². The zero-order valence-electron chi connectivity index (χ0n) is 29.5. The number of amides is 3. The minimum Gasteiger partial charge on any atom is -0.760 e. The number of nitrogens with one attached hydrogen (secondary N) is 2. The number of benzene rings is 1. The van der Waals surface area contributed by atoms with Gasteiger partial charge in [0.15, 0.2) is 17.4 Å². The number of hydrogen-bond acceptors (Lipinski definition) is 10. The molecule has 0 saturated carbocycles. The van der Waals surface area contributed by atoms with E-state index < -0.39 is 70.2 Å². The number of hydrogen-bond donors (Lipinski definition) is 2. The highest BCUT2D eigenvalue weighted by Crippen LogP contribution is 2.32. The maximum absolute atomic E-state index is 13.7. The molecule has 14 heteroatoms. The number of anilines is 1. The van der Waals surface area contributed by atoms with Crippen molar-refractivity contribution < 1.29 is 46.9 Å². The minimum atomic E-state index is -2.53. The lowest BCUT2D eigenvalue weighted by atomic mass is 9.85. The van der Waals surface area contributed by atoms with Crippen LogP contribution in [-0.4, -0.2) is 73.7 Å². The molecule has 3 unspecified atom stereocenters. The second-order valence-electron chi connectivity index (χ2n) is 13.8. The molecule has 0 spiro atoms. The average molecular weight is 695 g/mol. The molecule has 1 fully saturated rings. The predicted molar refractivity (Wildman–Crippen MR) is 180 cm³/mol. The molecule has 1 aromatic carbocycles. The van der Waals surface area contributed by atoms with Gasteiger partial charge < -0.3 is 24.1 Å². The van der Waals surface area contributed by atoms with E-state index in [-0.39, 0.29) is 23.5 Å². The van der Waals surface area contributed by atoms with Crippen molar-refractivity contribution in [1.29, 1.82) is 0 Å². The standard InChI is InChI=1S/C34H53N3O10S/c1-9-10-11-12-13-14-15-16-17-24(21-35-48(43)44)46-30(40)23-18-19-25(26(20-23)45-22(2)3)36-29(39)27(28(38)33(4,5)6)37-31(41)34(7,8)47-32(37)42/h18-20,22,24,27,35H,9-17,21H2,1-8H3,(H,36,39)(H,43,44)/p-1. The maximum Gasteiger partial charge on any atom is 0.418 e. The zero-order chi connectivity index (χ0) is 36.2. The maximum atomic E-state index is 13.7. The number of cyclic esters (lactones) is 1. The Kier molecular flexibility index (Phi) is 15.7. The van der Waals surface area contributed by atoms with E-state index in [9.17, 15) is 32.7 Å². The van der Waals surface area contributed by atoms with Crippen LogP contribution in [0.25, 0.3) is 0 Å². The summed E-state index contributed by atoms with van der Waals surface area (Å²) in [5.74, 6) is -3.14. The number of nitrogens with zero attached hydrogens (tertiary/aromatic N) is 1. The predicted octanol–water partition coefficient (Wildman–Crippen LogP) is 5.59. The monoisotopic (exact) mass is 694 g/mol. The summed E-state index contributed by atoms with van der Waals surface area (Å²) in [6.07, 6.45) is 6.87. The Hall–Kier alpha value is -3.36. The molecule has 270 valence electrons. The van der Waals surface area contributed by atoms with Gasteiger partial charge in [-0.25, -0.2) is 19.2 Å². The quantitative estimate of drug-likeness (QED) is 0.0756. The minimum absolute atomic E-state index is 0.0730. The summed E-state index contributed by atoms with van der Waals surface area (Å²) in [5.41, 5.74) is -2.52. The van der Waals surface area contributed by atoms with Crippen molar-refractivity contribution in [3.63, 3.8) is 0 Å². The molecular weight excluding hydrogens is 642 g/mol. The fraction of sp³-hybridized carbons (Fsp3) is 0.676. The van der Waals surface area contributed by atoms with Gasteiger partial charge in [0.2, 0.25) is 0 Å². The van der Waals surface area contributed by atoms with Crippen molar-refractivity contribution >= 4 is 46.6 Å². The number of ketones is 1. The van der Waals surface area contributed by atoms with Crippen LogP contribution in [0, 0.1) is 5.41 Å². The summed E-state index contributed by atoms with van der Waals surface area (Å²) < 4.78 is 41.3. The Balaban J connectivity index is 2.27. The van der Waals surface area contributed by atoms with E-state index >= 15 is 0 Å². The lowest BCUT2D eigenvalue weighted by molar-refractivity contribution is -0.145. The lowest BCUT2D eigenvalue weighted by Gasteiger charge is -2.28. The Morgan fingerprint density at radius 1 is 1.02 bits per heavy atom. The van der Waals surface area contributed by atoms with E-state index in [1.54, 1.807) is 34.6 Å². The van der Waals surface area contributed by atoms with Gasteiger partial charge in [0, 0.05) is 23.2 Å². The largest absolute Gasteiger partial charge is 0.760 e. The van der Waals surface area contributed by atoms with Gasteiger partial charge >= 0.3 is 12.1 Å². The number of esters is 1. The van der Waals surface area contributed by atoms with Crippen LogP contribution in [0.4, 0.5) is 10.5 Å². The summed E-state index contributed by atoms with van der Waals surface area (Å²) in [4.78, 5) is 66.7. The third-order valence-electron chi connectivity index (χ3n) is 7.69. The zero-order valence-corrected chi connectivity index (χ0v) is 30.3. The third kappa shape index (κ3) is 12.3. The molecule has 48 heavy (non-hydrogen) atoms. The molecule has 1 saturated heterocycles. The second-order valence-corrected chi connectivity index (χ2v) is 14.6. The number of imide groups is 1. The average Bonchev–Trinajstić information content (AvgIpc) is 3.18. The number of rotatable bonds is 20. The molecule has 3 atom stereocenters. The molecule has 1 aliphatic heterocycles. The van der Waals surface area contributed by atoms with E-state index in [0.717, 1.165) is 25.7 Å². The third-order valence-corrected chi connectivity index (χ3v) is 8.09. The molecule has 3 amide bonds. The molecule has 1 heterocycles. The highest BCUT2D eigenvalue weighted by atomic mass is 32.2. The van der Waals surface area contributed by atoms with Crippen LogP contribution < -0.4 is 14.8 Å². The van der Waals surface area contributed by atoms with Gasteiger partial charge in [-0.15, -0.1) is 0 Å². The topological polar surface area (TPSA) is 180 Å². The number of Topliss-reactive ketones (excluding diaryl/α,β-unsaturated/α-hetero) is 1. The molecule has 2 rings (SSSR count). The van der Waals surface area contributed by atoms with Gasteiger partial charge in [0.05, 0.1) is 17.4 Å². The Bertz CT molecular complexity index is 1320. The summed E-state index contributed by atoms with van der Waals surface area (Å²) in [6.45, 7) is 13.0. The van der Waals surface area contributed by atoms with Crippen LogP contribution in [-0.2, 0) is 35.1 Å². The van der Waals surface area contributed by atoms with Crippen LogP contribution in [0.15, 0.2) is 18.2 Å². The van der Waals surface area contributed by atoms with Crippen LogP contribution in [0.1, 0.15) is 124 Å². The smallest absolute Gasteiger partial charge is 0.418 e. The highest BCUT2D eigenvalue weighted by Gasteiger charge is 2.55. The normalized spacial score (nSPS) is 16.3. The molecule has 0 aliphatic carbocycles. The lowest BCUT2D eigenvalue weighted by Crippen LogP contribution is -2.55. The molecule has 13 nitrogen and oxygen atoms in total. The summed E-state index contributed by atoms with van der Waals surface area (Å²) in [7, 11) is 0. The van der Waals surface area contributed by atoms with Gasteiger partial charge in [-0.05, 0) is 58.7 Å². The van der Waals surface area contributed by atoms with E-state index in [0.29, 0.717) is 11.3 Å². The first-order valence-electron chi connectivity index (χ1n) is 16.6. The van der Waals surface area contributed by atoms with E-state index in [1.165, 1.54) is 57.7 Å². The van der Waals surface area contributed by atoms with Gasteiger partial charge in [-0.3, -0.25) is 18.6 Å². The summed E-state index contributed by atoms with van der Waals surface area (Å²) >= 11 is -2.53. The fourth-order valence-corrected chi connectivity index (χ4v) is 5.39. The number of carbonyl (C=O) groups excluding carboxylic acids is 5. The molecule has 0 radical (unpaired) electrons. The van der Waals surface area contributed by atoms with Gasteiger partial charge in [-0.1, -0.05) is 72.6 Å². The van der Waals surface area contributed by atoms with Crippen LogP contribution in [0.2, 0.25) is 0 Å².